The van der Waals surface area contributed by atoms with Crippen LogP contribution >= 0.6 is 0 Å². The Morgan fingerprint density at radius 2 is 1.76 bits per heavy atom. The Labute approximate surface area is 124 Å². The maximum Gasteiger partial charge on any atom is 0.246 e. The minimum Gasteiger partial charge on any atom is -0.352 e. The fraction of sp³-hybridized carbons (Fsp3) is 0.167. The molecule has 0 heterocycles. The van der Waals surface area contributed by atoms with Crippen molar-refractivity contribution in [3.05, 3.63) is 77.1 Å². The van der Waals surface area contributed by atoms with Crippen LogP contribution in [0.3, 0.4) is 0 Å². The summed E-state index contributed by atoms with van der Waals surface area (Å²) in [6, 6.07) is 16.0. The normalized spacial score (nSPS) is 11.2. The summed E-state index contributed by atoms with van der Waals surface area (Å²) < 4.78 is 12.8. The molecule has 0 aromatic heterocycles. The van der Waals surface area contributed by atoms with Gasteiger partial charge < -0.3 is 5.32 Å². The fourth-order valence-corrected chi connectivity index (χ4v) is 1.98. The van der Waals surface area contributed by atoms with Gasteiger partial charge in [-0.3, -0.25) is 4.79 Å². The van der Waals surface area contributed by atoms with Crippen LogP contribution in [0.5, 0.6) is 0 Å². The van der Waals surface area contributed by atoms with Crippen molar-refractivity contribution < 1.29 is 9.18 Å². The number of carbonyl (C=O) groups excluding carboxylic acids is 1. The molecule has 1 amide bonds. The van der Waals surface area contributed by atoms with Crippen molar-refractivity contribution in [1.82, 2.24) is 5.32 Å². The molecule has 0 aliphatic carbocycles. The van der Waals surface area contributed by atoms with E-state index in [4.69, 9.17) is 0 Å². The van der Waals surface area contributed by atoms with Gasteiger partial charge in [0.15, 0.2) is 0 Å². The van der Waals surface area contributed by atoms with Crippen molar-refractivity contribution in [1.29, 1.82) is 0 Å². The van der Waals surface area contributed by atoms with Gasteiger partial charge in [0, 0.05) is 12.1 Å². The first-order valence-electron chi connectivity index (χ1n) is 6.91. The van der Waals surface area contributed by atoms with Crippen molar-refractivity contribution in [3.8, 4) is 0 Å². The standard InChI is InChI=1S/C18H18FNO/c1-14(13-16-5-3-2-4-6-16)18(21)20-12-11-15-7-9-17(19)10-8-15/h2-10,13H,11-12H2,1H3,(H,20,21)/b14-13+. The third kappa shape index (κ3) is 4.88. The molecule has 0 saturated heterocycles. The summed E-state index contributed by atoms with van der Waals surface area (Å²) in [5.41, 5.74) is 2.67. The lowest BCUT2D eigenvalue weighted by atomic mass is 10.1. The molecule has 0 aliphatic heterocycles. The first-order valence-corrected chi connectivity index (χ1v) is 6.91. The van der Waals surface area contributed by atoms with Crippen LogP contribution in [0, 0.1) is 5.82 Å². The average molecular weight is 283 g/mol. The number of benzene rings is 2. The average Bonchev–Trinajstić information content (AvgIpc) is 2.50. The van der Waals surface area contributed by atoms with Gasteiger partial charge in [0.25, 0.3) is 0 Å². The molecule has 0 bridgehead atoms. The Morgan fingerprint density at radius 3 is 2.43 bits per heavy atom. The second kappa shape index (κ2) is 7.39. The zero-order chi connectivity index (χ0) is 15.1. The Bertz CT molecular complexity index is 617. The molecule has 0 saturated carbocycles. The summed E-state index contributed by atoms with van der Waals surface area (Å²) in [5.74, 6) is -0.328. The van der Waals surface area contributed by atoms with E-state index in [-0.39, 0.29) is 11.7 Å². The van der Waals surface area contributed by atoms with E-state index in [1.165, 1.54) is 12.1 Å². The number of amides is 1. The summed E-state index contributed by atoms with van der Waals surface area (Å²) in [5, 5.41) is 2.86. The summed E-state index contributed by atoms with van der Waals surface area (Å²) in [6.45, 7) is 2.32. The molecule has 3 heteroatoms. The zero-order valence-corrected chi connectivity index (χ0v) is 12.0. The van der Waals surface area contributed by atoms with Gasteiger partial charge in [-0.15, -0.1) is 0 Å². The highest BCUT2D eigenvalue weighted by Gasteiger charge is 2.03. The number of carbonyl (C=O) groups is 1. The molecule has 108 valence electrons. The number of hydrogen-bond donors (Lipinski definition) is 1. The van der Waals surface area contributed by atoms with E-state index in [0.29, 0.717) is 18.5 Å². The van der Waals surface area contributed by atoms with Gasteiger partial charge in [0.2, 0.25) is 5.91 Å². The second-order valence-electron chi connectivity index (χ2n) is 4.87. The third-order valence-electron chi connectivity index (χ3n) is 3.15. The molecule has 2 aromatic carbocycles. The molecule has 2 aromatic rings. The molecule has 1 N–H and O–H groups in total. The molecular weight excluding hydrogens is 265 g/mol. The predicted molar refractivity (Wildman–Crippen MR) is 83.2 cm³/mol. The Kier molecular flexibility index (Phi) is 5.27. The van der Waals surface area contributed by atoms with E-state index in [1.807, 2.05) is 36.4 Å². The van der Waals surface area contributed by atoms with E-state index in [0.717, 1.165) is 11.1 Å². The minimum atomic E-state index is -0.246. The van der Waals surface area contributed by atoms with Crippen molar-refractivity contribution in [2.24, 2.45) is 0 Å². The van der Waals surface area contributed by atoms with Crippen LogP contribution < -0.4 is 5.32 Å². The molecule has 21 heavy (non-hydrogen) atoms. The van der Waals surface area contributed by atoms with Crippen molar-refractivity contribution >= 4 is 12.0 Å². The molecule has 0 unspecified atom stereocenters. The van der Waals surface area contributed by atoms with Crippen LogP contribution in [-0.4, -0.2) is 12.5 Å². The van der Waals surface area contributed by atoms with Crippen LogP contribution in [0.2, 0.25) is 0 Å². The van der Waals surface area contributed by atoms with Gasteiger partial charge in [-0.25, -0.2) is 4.39 Å². The van der Waals surface area contributed by atoms with Gasteiger partial charge in [-0.1, -0.05) is 42.5 Å². The predicted octanol–water partition coefficient (Wildman–Crippen LogP) is 3.59. The topological polar surface area (TPSA) is 29.1 Å². The molecule has 0 aliphatic rings. The summed E-state index contributed by atoms with van der Waals surface area (Å²) in [7, 11) is 0. The Morgan fingerprint density at radius 1 is 1.10 bits per heavy atom. The first-order chi connectivity index (χ1) is 10.1. The summed E-state index contributed by atoms with van der Waals surface area (Å²) in [4.78, 5) is 12.0. The van der Waals surface area contributed by atoms with Gasteiger partial charge >= 0.3 is 0 Å². The van der Waals surface area contributed by atoms with Crippen molar-refractivity contribution in [3.63, 3.8) is 0 Å². The second-order valence-corrected chi connectivity index (χ2v) is 4.87. The summed E-state index contributed by atoms with van der Waals surface area (Å²) in [6.07, 6.45) is 2.54. The SMILES string of the molecule is C/C(=C\c1ccccc1)C(=O)NCCc1ccc(F)cc1. The highest BCUT2D eigenvalue weighted by molar-refractivity contribution is 5.97. The maximum atomic E-state index is 12.8. The fourth-order valence-electron chi connectivity index (χ4n) is 1.98. The number of halogens is 1. The first kappa shape index (κ1) is 15.0. The van der Waals surface area contributed by atoms with E-state index >= 15 is 0 Å². The zero-order valence-electron chi connectivity index (χ0n) is 12.0. The molecule has 0 atom stereocenters. The van der Waals surface area contributed by atoms with Gasteiger partial charge in [0.1, 0.15) is 5.82 Å². The maximum absolute atomic E-state index is 12.8. The van der Waals surface area contributed by atoms with Crippen molar-refractivity contribution in [2.75, 3.05) is 6.54 Å². The van der Waals surface area contributed by atoms with Gasteiger partial charge in [-0.05, 0) is 42.7 Å². The molecule has 0 fully saturated rings. The molecule has 0 radical (unpaired) electrons. The third-order valence-corrected chi connectivity index (χ3v) is 3.15. The molecule has 0 spiro atoms. The lowest BCUT2D eigenvalue weighted by molar-refractivity contribution is -0.117. The molecule has 2 rings (SSSR count). The minimum absolute atomic E-state index is 0.0824. The highest BCUT2D eigenvalue weighted by atomic mass is 19.1. The molecular formula is C18H18FNO. The Balaban J connectivity index is 1.84. The van der Waals surface area contributed by atoms with Crippen molar-refractivity contribution in [2.45, 2.75) is 13.3 Å². The van der Waals surface area contributed by atoms with Crippen LogP contribution in [0.4, 0.5) is 4.39 Å². The molecule has 2 nitrogen and oxygen atoms in total. The van der Waals surface area contributed by atoms with E-state index in [9.17, 15) is 9.18 Å². The largest absolute Gasteiger partial charge is 0.352 e. The highest BCUT2D eigenvalue weighted by Crippen LogP contribution is 2.06. The number of hydrogen-bond acceptors (Lipinski definition) is 1. The van der Waals surface area contributed by atoms with E-state index in [2.05, 4.69) is 5.32 Å². The van der Waals surface area contributed by atoms with Crippen LogP contribution in [-0.2, 0) is 11.2 Å². The summed E-state index contributed by atoms with van der Waals surface area (Å²) >= 11 is 0. The lowest BCUT2D eigenvalue weighted by Gasteiger charge is -2.06. The smallest absolute Gasteiger partial charge is 0.246 e. The van der Waals surface area contributed by atoms with Crippen LogP contribution in [0.15, 0.2) is 60.2 Å². The van der Waals surface area contributed by atoms with Gasteiger partial charge in [0.05, 0.1) is 0 Å². The quantitative estimate of drug-likeness (QED) is 0.835. The lowest BCUT2D eigenvalue weighted by Crippen LogP contribution is -2.26. The van der Waals surface area contributed by atoms with Crippen LogP contribution in [0.25, 0.3) is 6.08 Å². The van der Waals surface area contributed by atoms with E-state index < -0.39 is 0 Å². The number of nitrogens with one attached hydrogen (secondary N) is 1. The van der Waals surface area contributed by atoms with E-state index in [1.54, 1.807) is 19.1 Å². The van der Waals surface area contributed by atoms with Crippen LogP contribution in [0.1, 0.15) is 18.1 Å². The Hall–Kier alpha value is -2.42. The van der Waals surface area contributed by atoms with Gasteiger partial charge in [-0.2, -0.15) is 0 Å². The number of rotatable bonds is 5. The monoisotopic (exact) mass is 283 g/mol.